The van der Waals surface area contributed by atoms with Crippen molar-refractivity contribution in [3.8, 4) is 0 Å². The van der Waals surface area contributed by atoms with Gasteiger partial charge in [-0.25, -0.2) is 0 Å². The third-order valence-corrected chi connectivity index (χ3v) is 12.0. The summed E-state index contributed by atoms with van der Waals surface area (Å²) in [5.74, 6) is -0.261. The zero-order valence-electron chi connectivity index (χ0n) is 38.8. The second-order valence-corrected chi connectivity index (χ2v) is 17.6. The Balaban J connectivity index is 1.89. The lowest BCUT2D eigenvalue weighted by atomic mass is 9.97. The Hall–Kier alpha value is -1.79. The van der Waals surface area contributed by atoms with Gasteiger partial charge in [0.05, 0.1) is 32.0 Å². The van der Waals surface area contributed by atoms with Gasteiger partial charge < -0.3 is 65.1 Å². The fourth-order valence-corrected chi connectivity index (χ4v) is 7.95. The summed E-state index contributed by atoms with van der Waals surface area (Å²) in [6.07, 6.45) is 23.3. The van der Waals surface area contributed by atoms with Crippen LogP contribution in [0.4, 0.5) is 0 Å². The van der Waals surface area contributed by atoms with E-state index in [9.17, 15) is 45.6 Å². The third kappa shape index (κ3) is 24.0. The second kappa shape index (κ2) is 36.3. The number of allylic oxidation sites excluding steroid dienone is 5. The monoisotopic (exact) mass is 900 g/mol. The zero-order valence-corrected chi connectivity index (χ0v) is 38.8. The topological polar surface area (TPSA) is 228 Å². The lowest BCUT2D eigenvalue weighted by molar-refractivity contribution is -0.359. The maximum Gasteiger partial charge on any atom is 0.220 e. The van der Waals surface area contributed by atoms with E-state index < -0.39 is 86.8 Å². The Morgan fingerprint density at radius 3 is 1.57 bits per heavy atom. The molecule has 0 saturated carbocycles. The highest BCUT2D eigenvalue weighted by molar-refractivity contribution is 5.76. The van der Waals surface area contributed by atoms with Crippen molar-refractivity contribution in [3.05, 3.63) is 36.5 Å². The molecule has 14 nitrogen and oxygen atoms in total. The van der Waals surface area contributed by atoms with E-state index in [-0.39, 0.29) is 18.9 Å². The van der Waals surface area contributed by atoms with Crippen LogP contribution in [-0.2, 0) is 23.7 Å². The molecular formula is C49H89NO13. The predicted molar refractivity (Wildman–Crippen MR) is 244 cm³/mol. The van der Waals surface area contributed by atoms with E-state index in [4.69, 9.17) is 18.9 Å². The van der Waals surface area contributed by atoms with Crippen molar-refractivity contribution in [1.29, 1.82) is 0 Å². The van der Waals surface area contributed by atoms with Gasteiger partial charge in [0.2, 0.25) is 5.91 Å². The highest BCUT2D eigenvalue weighted by Gasteiger charge is 2.51. The number of rotatable bonds is 37. The molecule has 0 aliphatic carbocycles. The number of carbonyl (C=O) groups is 1. The predicted octanol–water partition coefficient (Wildman–Crippen LogP) is 5.93. The molecule has 0 aromatic rings. The molecule has 12 unspecified atom stereocenters. The summed E-state index contributed by atoms with van der Waals surface area (Å²) in [4.78, 5) is 13.1. The number of unbranched alkanes of at least 4 members (excludes halogenated alkanes) is 20. The molecule has 1 amide bonds. The van der Waals surface area contributed by atoms with Crippen LogP contribution in [0.3, 0.4) is 0 Å². The molecule has 2 rings (SSSR count). The molecule has 9 N–H and O–H groups in total. The summed E-state index contributed by atoms with van der Waals surface area (Å²) in [6, 6.07) is -0.932. The quantitative estimate of drug-likeness (QED) is 0.0261. The largest absolute Gasteiger partial charge is 0.394 e. The van der Waals surface area contributed by atoms with E-state index in [1.807, 2.05) is 6.08 Å². The van der Waals surface area contributed by atoms with Crippen LogP contribution in [0.25, 0.3) is 0 Å². The SMILES string of the molecule is CCCCCC/C=C\CCCCCCCC(=O)NC(COC1OC(CO)C(OC2OC(CO)C(O)C(O)C2O)C(O)C1O)C(O)/C=C/CC/C=C/CCCCCCCCCCCC. The van der Waals surface area contributed by atoms with Crippen LogP contribution in [-0.4, -0.2) is 140 Å². The Morgan fingerprint density at radius 2 is 1.02 bits per heavy atom. The fourth-order valence-electron chi connectivity index (χ4n) is 7.95. The molecule has 63 heavy (non-hydrogen) atoms. The van der Waals surface area contributed by atoms with E-state index in [0.717, 1.165) is 51.4 Å². The van der Waals surface area contributed by atoms with Crippen LogP contribution < -0.4 is 5.32 Å². The Labute approximate surface area is 379 Å². The number of hydrogen-bond acceptors (Lipinski definition) is 13. The number of aliphatic hydroxyl groups is 8. The lowest BCUT2D eigenvalue weighted by Gasteiger charge is -2.46. The summed E-state index contributed by atoms with van der Waals surface area (Å²) in [5.41, 5.74) is 0. The minimum Gasteiger partial charge on any atom is -0.394 e. The van der Waals surface area contributed by atoms with Crippen LogP contribution in [0.2, 0.25) is 0 Å². The van der Waals surface area contributed by atoms with Gasteiger partial charge in [0.25, 0.3) is 0 Å². The van der Waals surface area contributed by atoms with E-state index in [1.165, 1.54) is 89.9 Å². The molecule has 0 aromatic heterocycles. The van der Waals surface area contributed by atoms with Crippen LogP contribution in [0.15, 0.2) is 36.5 Å². The first-order valence-corrected chi connectivity index (χ1v) is 24.7. The highest BCUT2D eigenvalue weighted by Crippen LogP contribution is 2.30. The summed E-state index contributed by atoms with van der Waals surface area (Å²) in [7, 11) is 0. The number of aliphatic hydroxyl groups excluding tert-OH is 8. The maximum absolute atomic E-state index is 13.1. The van der Waals surface area contributed by atoms with Crippen molar-refractivity contribution in [1.82, 2.24) is 5.32 Å². The first kappa shape index (κ1) is 57.3. The molecule has 0 spiro atoms. The number of ether oxygens (including phenoxy) is 4. The first-order chi connectivity index (χ1) is 30.6. The maximum atomic E-state index is 13.1. The Kier molecular flexibility index (Phi) is 33.1. The summed E-state index contributed by atoms with van der Waals surface area (Å²) in [6.45, 7) is 2.73. The van der Waals surface area contributed by atoms with Gasteiger partial charge in [0.1, 0.15) is 48.8 Å². The van der Waals surface area contributed by atoms with Gasteiger partial charge in [-0.05, 0) is 57.8 Å². The van der Waals surface area contributed by atoms with Gasteiger partial charge in [0, 0.05) is 6.42 Å². The average molecular weight is 900 g/mol. The van der Waals surface area contributed by atoms with E-state index >= 15 is 0 Å². The third-order valence-electron chi connectivity index (χ3n) is 12.0. The van der Waals surface area contributed by atoms with Crippen LogP contribution in [0, 0.1) is 0 Å². The lowest BCUT2D eigenvalue weighted by Crippen LogP contribution is -2.65. The minimum atomic E-state index is -1.79. The van der Waals surface area contributed by atoms with Crippen LogP contribution >= 0.6 is 0 Å². The molecule has 2 fully saturated rings. The van der Waals surface area contributed by atoms with Crippen molar-refractivity contribution in [2.75, 3.05) is 19.8 Å². The number of hydrogen-bond donors (Lipinski definition) is 9. The van der Waals surface area contributed by atoms with Gasteiger partial charge in [-0.1, -0.05) is 147 Å². The van der Waals surface area contributed by atoms with Gasteiger partial charge in [-0.3, -0.25) is 4.79 Å². The zero-order chi connectivity index (χ0) is 46.1. The van der Waals surface area contributed by atoms with Crippen LogP contribution in [0.5, 0.6) is 0 Å². The molecule has 2 aliphatic heterocycles. The number of nitrogens with one attached hydrogen (secondary N) is 1. The summed E-state index contributed by atoms with van der Waals surface area (Å²) in [5, 5.41) is 86.6. The fraction of sp³-hybridized carbons (Fsp3) is 0.857. The highest BCUT2D eigenvalue weighted by atomic mass is 16.7. The smallest absolute Gasteiger partial charge is 0.220 e. The van der Waals surface area contributed by atoms with E-state index in [1.54, 1.807) is 6.08 Å². The van der Waals surface area contributed by atoms with Crippen LogP contribution in [0.1, 0.15) is 174 Å². The van der Waals surface area contributed by atoms with Gasteiger partial charge >= 0.3 is 0 Å². The first-order valence-electron chi connectivity index (χ1n) is 24.7. The minimum absolute atomic E-state index is 0.261. The molecule has 0 radical (unpaired) electrons. The van der Waals surface area contributed by atoms with Gasteiger partial charge in [0.15, 0.2) is 12.6 Å². The van der Waals surface area contributed by atoms with Crippen molar-refractivity contribution in [3.63, 3.8) is 0 Å². The molecule has 12 atom stereocenters. The molecule has 368 valence electrons. The summed E-state index contributed by atoms with van der Waals surface area (Å²) < 4.78 is 22.6. The molecule has 14 heteroatoms. The normalized spacial score (nSPS) is 27.8. The van der Waals surface area contributed by atoms with Crippen molar-refractivity contribution in [2.24, 2.45) is 0 Å². The van der Waals surface area contributed by atoms with Crippen molar-refractivity contribution in [2.45, 2.75) is 248 Å². The van der Waals surface area contributed by atoms with Gasteiger partial charge in [-0.15, -0.1) is 0 Å². The standard InChI is InChI=1S/C49H89NO13/c1-3-5-7-9-11-13-15-17-18-19-21-22-24-26-28-30-32-38(53)37(50-41(54)33-31-29-27-25-23-20-16-14-12-10-8-6-4-2)36-60-48-46(59)44(57)47(40(35-52)62-48)63-49-45(58)43(56)42(55)39(34-51)61-49/h14,16,22,24,30,32,37-40,42-49,51-53,55-59H,3-13,15,17-21,23,25-29,31,33-36H2,1-2H3,(H,50,54)/b16-14-,24-22+,32-30+. The second-order valence-electron chi connectivity index (χ2n) is 17.6. The average Bonchev–Trinajstić information content (AvgIpc) is 3.28. The Bertz CT molecular complexity index is 1200. The van der Waals surface area contributed by atoms with Crippen molar-refractivity contribution >= 4 is 5.91 Å². The molecular weight excluding hydrogens is 811 g/mol. The summed E-state index contributed by atoms with van der Waals surface area (Å²) >= 11 is 0. The van der Waals surface area contributed by atoms with Gasteiger partial charge in [-0.2, -0.15) is 0 Å². The van der Waals surface area contributed by atoms with E-state index in [0.29, 0.717) is 12.8 Å². The molecule has 0 bridgehead atoms. The molecule has 2 aliphatic rings. The number of amides is 1. The Morgan fingerprint density at radius 1 is 0.556 bits per heavy atom. The van der Waals surface area contributed by atoms with Crippen molar-refractivity contribution < 1.29 is 64.6 Å². The molecule has 0 aromatic carbocycles. The van der Waals surface area contributed by atoms with E-state index in [2.05, 4.69) is 43.5 Å². The molecule has 2 heterocycles. The molecule has 2 saturated heterocycles. The number of carbonyl (C=O) groups excluding carboxylic acids is 1.